The summed E-state index contributed by atoms with van der Waals surface area (Å²) in [6.45, 7) is 0.140. The van der Waals surface area contributed by atoms with Gasteiger partial charge in [-0.05, 0) is 24.3 Å². The highest BCUT2D eigenvalue weighted by Gasteiger charge is 2.34. The molecule has 116 valence electrons. The Kier molecular flexibility index (Phi) is 4.97. The quantitative estimate of drug-likeness (QED) is 0.937. The molecule has 1 heterocycles. The minimum atomic E-state index is -4.57. The molecule has 0 saturated heterocycles. The molecule has 8 heteroatoms. The zero-order chi connectivity index (χ0) is 16.2. The maximum atomic E-state index is 12.8. The third-order valence-electron chi connectivity index (χ3n) is 2.83. The van der Waals surface area contributed by atoms with E-state index in [2.05, 4.69) is 15.5 Å². The summed E-state index contributed by atoms with van der Waals surface area (Å²) in [5.41, 5.74) is -0.787. The molecule has 1 aromatic carbocycles. The van der Waals surface area contributed by atoms with Gasteiger partial charge < -0.3 is 5.32 Å². The molecule has 22 heavy (non-hydrogen) atoms. The van der Waals surface area contributed by atoms with Gasteiger partial charge in [0.1, 0.15) is 0 Å². The van der Waals surface area contributed by atoms with Gasteiger partial charge in [-0.2, -0.15) is 18.3 Å². The number of halogens is 4. The van der Waals surface area contributed by atoms with Gasteiger partial charge in [0.15, 0.2) is 5.15 Å². The van der Waals surface area contributed by atoms with Gasteiger partial charge in [-0.3, -0.25) is 4.79 Å². The van der Waals surface area contributed by atoms with Gasteiger partial charge in [-0.25, -0.2) is 0 Å². The number of benzene rings is 1. The van der Waals surface area contributed by atoms with Crippen LogP contribution in [0.5, 0.6) is 0 Å². The molecule has 1 amide bonds. The SMILES string of the molecule is O=C(NCCc1ccc(Cl)nn1)c1ccccc1C(F)(F)F. The van der Waals surface area contributed by atoms with Crippen LogP contribution in [0.25, 0.3) is 0 Å². The van der Waals surface area contributed by atoms with Crippen LogP contribution in [0.3, 0.4) is 0 Å². The van der Waals surface area contributed by atoms with Gasteiger partial charge in [0.2, 0.25) is 0 Å². The number of rotatable bonds is 4. The summed E-state index contributed by atoms with van der Waals surface area (Å²) < 4.78 is 38.5. The second-order valence-corrected chi connectivity index (χ2v) is 4.78. The van der Waals surface area contributed by atoms with Crippen LogP contribution in [0, 0.1) is 0 Å². The van der Waals surface area contributed by atoms with Crippen molar-refractivity contribution in [3.05, 3.63) is 58.4 Å². The summed E-state index contributed by atoms with van der Waals surface area (Å²) in [6, 6.07) is 7.81. The Labute approximate surface area is 129 Å². The number of carbonyl (C=O) groups excluding carboxylic acids is 1. The van der Waals surface area contributed by atoms with Crippen molar-refractivity contribution in [2.75, 3.05) is 6.54 Å². The molecule has 0 fully saturated rings. The van der Waals surface area contributed by atoms with E-state index < -0.39 is 23.2 Å². The van der Waals surface area contributed by atoms with Crippen molar-refractivity contribution >= 4 is 17.5 Å². The lowest BCUT2D eigenvalue weighted by atomic mass is 10.1. The van der Waals surface area contributed by atoms with Gasteiger partial charge in [-0.15, -0.1) is 5.10 Å². The lowest BCUT2D eigenvalue weighted by molar-refractivity contribution is -0.137. The molecule has 4 nitrogen and oxygen atoms in total. The van der Waals surface area contributed by atoms with E-state index in [-0.39, 0.29) is 11.7 Å². The Hall–Kier alpha value is -2.15. The van der Waals surface area contributed by atoms with Crippen molar-refractivity contribution in [1.29, 1.82) is 0 Å². The van der Waals surface area contributed by atoms with E-state index in [1.54, 1.807) is 12.1 Å². The third kappa shape index (κ3) is 4.17. The first-order valence-corrected chi connectivity index (χ1v) is 6.68. The second-order valence-electron chi connectivity index (χ2n) is 4.40. The van der Waals surface area contributed by atoms with Crippen LogP contribution in [0.1, 0.15) is 21.6 Å². The molecule has 0 radical (unpaired) electrons. The van der Waals surface area contributed by atoms with Crippen molar-refractivity contribution in [1.82, 2.24) is 15.5 Å². The predicted octanol–water partition coefficient (Wildman–Crippen LogP) is 3.12. The number of nitrogens with zero attached hydrogens (tertiary/aromatic N) is 2. The topological polar surface area (TPSA) is 54.9 Å². The van der Waals surface area contributed by atoms with Gasteiger partial charge in [0.05, 0.1) is 16.8 Å². The average molecular weight is 330 g/mol. The van der Waals surface area contributed by atoms with E-state index in [9.17, 15) is 18.0 Å². The van der Waals surface area contributed by atoms with Gasteiger partial charge >= 0.3 is 6.18 Å². The fourth-order valence-corrected chi connectivity index (χ4v) is 1.91. The molecule has 0 aliphatic carbocycles. The van der Waals surface area contributed by atoms with Crippen LogP contribution in [0.4, 0.5) is 13.2 Å². The standard InChI is InChI=1S/C14H11ClF3N3O/c15-12-6-5-9(20-21-12)7-8-19-13(22)10-3-1-2-4-11(10)14(16,17)18/h1-6H,7-8H2,(H,19,22). The van der Waals surface area contributed by atoms with Crippen LogP contribution in [-0.4, -0.2) is 22.6 Å². The summed E-state index contributed by atoms with van der Waals surface area (Å²) in [5, 5.41) is 10.1. The normalized spacial score (nSPS) is 11.3. The van der Waals surface area contributed by atoms with Crippen LogP contribution in [0.15, 0.2) is 36.4 Å². The Bertz CT molecular complexity index is 659. The maximum Gasteiger partial charge on any atom is 0.417 e. The predicted molar refractivity (Wildman–Crippen MR) is 74.5 cm³/mol. The molecular formula is C14H11ClF3N3O. The monoisotopic (exact) mass is 329 g/mol. The first kappa shape index (κ1) is 16.2. The van der Waals surface area contributed by atoms with Crippen LogP contribution < -0.4 is 5.32 Å². The summed E-state index contributed by atoms with van der Waals surface area (Å²) in [7, 11) is 0. The highest BCUT2D eigenvalue weighted by molar-refractivity contribution is 6.29. The van der Waals surface area contributed by atoms with Crippen molar-refractivity contribution in [2.24, 2.45) is 0 Å². The van der Waals surface area contributed by atoms with Gasteiger partial charge in [0, 0.05) is 13.0 Å². The number of amides is 1. The van der Waals surface area contributed by atoms with Crippen molar-refractivity contribution < 1.29 is 18.0 Å². The molecule has 0 saturated carbocycles. The lowest BCUT2D eigenvalue weighted by Crippen LogP contribution is -2.28. The molecule has 1 aromatic heterocycles. The molecule has 0 bridgehead atoms. The van der Waals surface area contributed by atoms with Crippen LogP contribution >= 0.6 is 11.6 Å². The fraction of sp³-hybridized carbons (Fsp3) is 0.214. The number of hydrogen-bond acceptors (Lipinski definition) is 3. The second kappa shape index (κ2) is 6.74. The van der Waals surface area contributed by atoms with E-state index in [1.807, 2.05) is 0 Å². The van der Waals surface area contributed by atoms with E-state index in [0.29, 0.717) is 12.1 Å². The van der Waals surface area contributed by atoms with E-state index >= 15 is 0 Å². The minimum absolute atomic E-state index is 0.140. The Morgan fingerprint density at radius 2 is 1.86 bits per heavy atom. The molecule has 0 atom stereocenters. The van der Waals surface area contributed by atoms with E-state index in [0.717, 1.165) is 12.1 Å². The van der Waals surface area contributed by atoms with Crippen LogP contribution in [0.2, 0.25) is 5.15 Å². The van der Waals surface area contributed by atoms with Crippen molar-refractivity contribution in [3.63, 3.8) is 0 Å². The zero-order valence-electron chi connectivity index (χ0n) is 11.2. The zero-order valence-corrected chi connectivity index (χ0v) is 11.9. The molecule has 0 spiro atoms. The lowest BCUT2D eigenvalue weighted by Gasteiger charge is -2.12. The number of carbonyl (C=O) groups is 1. The summed E-state index contributed by atoms with van der Waals surface area (Å²) in [6.07, 6.45) is -4.24. The highest BCUT2D eigenvalue weighted by atomic mass is 35.5. The number of aromatic nitrogens is 2. The van der Waals surface area contributed by atoms with E-state index in [4.69, 9.17) is 11.6 Å². The molecule has 2 aromatic rings. The van der Waals surface area contributed by atoms with E-state index in [1.165, 1.54) is 12.1 Å². The summed E-state index contributed by atoms with van der Waals surface area (Å²) in [4.78, 5) is 11.9. The minimum Gasteiger partial charge on any atom is -0.352 e. The molecule has 0 aliphatic rings. The van der Waals surface area contributed by atoms with Crippen molar-refractivity contribution in [3.8, 4) is 0 Å². The summed E-state index contributed by atoms with van der Waals surface area (Å²) in [5.74, 6) is -0.783. The first-order valence-electron chi connectivity index (χ1n) is 6.30. The Morgan fingerprint density at radius 1 is 1.14 bits per heavy atom. The maximum absolute atomic E-state index is 12.8. The Balaban J connectivity index is 2.00. The molecule has 0 unspecified atom stereocenters. The molecular weight excluding hydrogens is 319 g/mol. The average Bonchev–Trinajstić information content (AvgIpc) is 2.48. The molecule has 1 N–H and O–H groups in total. The van der Waals surface area contributed by atoms with Crippen molar-refractivity contribution in [2.45, 2.75) is 12.6 Å². The van der Waals surface area contributed by atoms with Gasteiger partial charge in [0.25, 0.3) is 5.91 Å². The number of alkyl halides is 3. The highest BCUT2D eigenvalue weighted by Crippen LogP contribution is 2.31. The number of nitrogens with one attached hydrogen (secondary N) is 1. The summed E-state index contributed by atoms with van der Waals surface area (Å²) >= 11 is 5.59. The molecule has 0 aliphatic heterocycles. The van der Waals surface area contributed by atoms with Crippen LogP contribution in [-0.2, 0) is 12.6 Å². The largest absolute Gasteiger partial charge is 0.417 e. The number of hydrogen-bond donors (Lipinski definition) is 1. The Morgan fingerprint density at radius 3 is 2.50 bits per heavy atom. The smallest absolute Gasteiger partial charge is 0.352 e. The molecule has 2 rings (SSSR count). The first-order chi connectivity index (χ1) is 10.4. The third-order valence-corrected chi connectivity index (χ3v) is 3.03. The van der Waals surface area contributed by atoms with Gasteiger partial charge in [-0.1, -0.05) is 23.7 Å². The fourth-order valence-electron chi connectivity index (χ4n) is 1.80.